The van der Waals surface area contributed by atoms with Crippen molar-refractivity contribution in [2.45, 2.75) is 51.7 Å². The highest BCUT2D eigenvalue weighted by atomic mass is 16.5. The van der Waals surface area contributed by atoms with E-state index in [1.165, 1.54) is 26.7 Å². The third kappa shape index (κ3) is 4.87. The van der Waals surface area contributed by atoms with Crippen molar-refractivity contribution in [2.24, 2.45) is 5.92 Å². The molecule has 0 saturated heterocycles. The normalized spacial score (nSPS) is 21.1. The molecular formula is C19H27NO5. The standard InChI is InChI=1S/C19H27NO5/c1-12-7-5-6-8-15(12)20-18(21)13(2)25-19(22)14-9-10-16(23-3)17(11-14)24-4/h9-13,15H,5-8H2,1-4H3,(H,20,21)/t12-,13-,15+/m1/s1. The maximum Gasteiger partial charge on any atom is 0.339 e. The molecule has 0 spiro atoms. The number of amides is 1. The summed E-state index contributed by atoms with van der Waals surface area (Å²) in [5.41, 5.74) is 0.309. The Balaban J connectivity index is 1.96. The number of hydrogen-bond donors (Lipinski definition) is 1. The number of hydrogen-bond acceptors (Lipinski definition) is 5. The molecule has 1 aliphatic rings. The van der Waals surface area contributed by atoms with Gasteiger partial charge in [0.1, 0.15) is 0 Å². The van der Waals surface area contributed by atoms with E-state index in [1.54, 1.807) is 19.1 Å². The quantitative estimate of drug-likeness (QED) is 0.799. The monoisotopic (exact) mass is 349 g/mol. The number of ether oxygens (including phenoxy) is 3. The first-order valence-corrected chi connectivity index (χ1v) is 8.69. The van der Waals surface area contributed by atoms with Crippen molar-refractivity contribution in [3.8, 4) is 11.5 Å². The number of carbonyl (C=O) groups is 2. The van der Waals surface area contributed by atoms with Crippen LogP contribution in [0.25, 0.3) is 0 Å². The van der Waals surface area contributed by atoms with Gasteiger partial charge in [0, 0.05) is 6.04 Å². The fourth-order valence-corrected chi connectivity index (χ4v) is 3.08. The predicted molar refractivity (Wildman–Crippen MR) is 94.0 cm³/mol. The maximum atomic E-state index is 12.3. The van der Waals surface area contributed by atoms with Crippen LogP contribution in [0.4, 0.5) is 0 Å². The summed E-state index contributed by atoms with van der Waals surface area (Å²) >= 11 is 0. The SMILES string of the molecule is COc1ccc(C(=O)O[C@H](C)C(=O)N[C@H]2CCCC[C@H]2C)cc1OC. The smallest absolute Gasteiger partial charge is 0.339 e. The average Bonchev–Trinajstić information content (AvgIpc) is 2.62. The van der Waals surface area contributed by atoms with Crippen molar-refractivity contribution < 1.29 is 23.8 Å². The first kappa shape index (κ1) is 19.1. The summed E-state index contributed by atoms with van der Waals surface area (Å²) in [4.78, 5) is 24.6. The molecular weight excluding hydrogens is 322 g/mol. The first-order chi connectivity index (χ1) is 12.0. The van der Waals surface area contributed by atoms with Gasteiger partial charge in [-0.15, -0.1) is 0 Å². The van der Waals surface area contributed by atoms with E-state index in [-0.39, 0.29) is 11.9 Å². The van der Waals surface area contributed by atoms with E-state index < -0.39 is 12.1 Å². The van der Waals surface area contributed by atoms with E-state index in [0.717, 1.165) is 19.3 Å². The van der Waals surface area contributed by atoms with Crippen molar-refractivity contribution >= 4 is 11.9 Å². The number of nitrogens with one attached hydrogen (secondary N) is 1. The molecule has 0 bridgehead atoms. The number of rotatable bonds is 6. The van der Waals surface area contributed by atoms with Gasteiger partial charge in [-0.05, 0) is 43.9 Å². The molecule has 1 saturated carbocycles. The van der Waals surface area contributed by atoms with Crippen LogP contribution in [0.1, 0.15) is 49.9 Å². The minimum Gasteiger partial charge on any atom is -0.493 e. The number of benzene rings is 1. The zero-order chi connectivity index (χ0) is 18.4. The zero-order valence-corrected chi connectivity index (χ0v) is 15.3. The lowest BCUT2D eigenvalue weighted by atomic mass is 9.86. The molecule has 1 fully saturated rings. The molecule has 1 amide bonds. The van der Waals surface area contributed by atoms with Crippen LogP contribution >= 0.6 is 0 Å². The first-order valence-electron chi connectivity index (χ1n) is 8.69. The van der Waals surface area contributed by atoms with Crippen LogP contribution < -0.4 is 14.8 Å². The van der Waals surface area contributed by atoms with Crippen molar-refractivity contribution in [1.82, 2.24) is 5.32 Å². The summed E-state index contributed by atoms with van der Waals surface area (Å²) < 4.78 is 15.6. The molecule has 0 heterocycles. The summed E-state index contributed by atoms with van der Waals surface area (Å²) in [6, 6.07) is 4.90. The van der Waals surface area contributed by atoms with Crippen molar-refractivity contribution in [1.29, 1.82) is 0 Å². The molecule has 0 aliphatic heterocycles. The molecule has 6 nitrogen and oxygen atoms in total. The van der Waals surface area contributed by atoms with Crippen molar-refractivity contribution in [2.75, 3.05) is 14.2 Å². The van der Waals surface area contributed by atoms with E-state index in [0.29, 0.717) is 23.0 Å². The van der Waals surface area contributed by atoms with Crippen molar-refractivity contribution in [3.05, 3.63) is 23.8 Å². The van der Waals surface area contributed by atoms with Gasteiger partial charge in [-0.25, -0.2) is 4.79 Å². The van der Waals surface area contributed by atoms with Crippen LogP contribution in [0.2, 0.25) is 0 Å². The second-order valence-electron chi connectivity index (χ2n) is 6.49. The van der Waals surface area contributed by atoms with E-state index in [2.05, 4.69) is 12.2 Å². The predicted octanol–water partition coefficient (Wildman–Crippen LogP) is 2.94. The minimum atomic E-state index is -0.852. The lowest BCUT2D eigenvalue weighted by Crippen LogP contribution is -2.45. The molecule has 138 valence electrons. The molecule has 25 heavy (non-hydrogen) atoms. The minimum absolute atomic E-state index is 0.156. The van der Waals surface area contributed by atoms with E-state index in [4.69, 9.17) is 14.2 Å². The summed E-state index contributed by atoms with van der Waals surface area (Å²) in [7, 11) is 3.02. The van der Waals surface area contributed by atoms with Crippen LogP contribution in [-0.2, 0) is 9.53 Å². The second kappa shape index (κ2) is 8.74. The highest BCUT2D eigenvalue weighted by Crippen LogP contribution is 2.28. The molecule has 6 heteroatoms. The summed E-state index contributed by atoms with van der Waals surface area (Å²) in [5.74, 6) is 0.584. The Kier molecular flexibility index (Phi) is 6.67. The average molecular weight is 349 g/mol. The number of methoxy groups -OCH3 is 2. The van der Waals surface area contributed by atoms with E-state index in [1.807, 2.05) is 0 Å². The number of esters is 1. The highest BCUT2D eigenvalue weighted by Gasteiger charge is 2.26. The molecule has 1 N–H and O–H groups in total. The van der Waals surface area contributed by atoms with Gasteiger partial charge in [-0.2, -0.15) is 0 Å². The molecule has 1 aliphatic carbocycles. The van der Waals surface area contributed by atoms with Gasteiger partial charge in [-0.1, -0.05) is 19.8 Å². The second-order valence-corrected chi connectivity index (χ2v) is 6.49. The van der Waals surface area contributed by atoms with Crippen molar-refractivity contribution in [3.63, 3.8) is 0 Å². The van der Waals surface area contributed by atoms with Crippen LogP contribution in [0.15, 0.2) is 18.2 Å². The molecule has 3 atom stereocenters. The molecule has 0 unspecified atom stereocenters. The van der Waals surface area contributed by atoms with Crippen LogP contribution in [0, 0.1) is 5.92 Å². The van der Waals surface area contributed by atoms with Gasteiger partial charge in [-0.3, -0.25) is 4.79 Å². The molecule has 0 radical (unpaired) electrons. The van der Waals surface area contributed by atoms with Gasteiger partial charge in [0.15, 0.2) is 17.6 Å². The Labute approximate surface area is 148 Å². The highest BCUT2D eigenvalue weighted by molar-refractivity contribution is 5.92. The van der Waals surface area contributed by atoms with E-state index in [9.17, 15) is 9.59 Å². The van der Waals surface area contributed by atoms with Crippen LogP contribution in [0.5, 0.6) is 11.5 Å². The Morgan fingerprint density at radius 2 is 1.80 bits per heavy atom. The topological polar surface area (TPSA) is 73.9 Å². The third-order valence-electron chi connectivity index (χ3n) is 4.71. The lowest BCUT2D eigenvalue weighted by molar-refractivity contribution is -0.130. The van der Waals surface area contributed by atoms with Gasteiger partial charge in [0.05, 0.1) is 19.8 Å². The Hall–Kier alpha value is -2.24. The Bertz CT molecular complexity index is 616. The number of carbonyl (C=O) groups excluding carboxylic acids is 2. The van der Waals surface area contributed by atoms with Gasteiger partial charge in [0.2, 0.25) is 0 Å². The Morgan fingerprint density at radius 3 is 2.44 bits per heavy atom. The summed E-state index contributed by atoms with van der Waals surface area (Å²) in [6.07, 6.45) is 3.57. The summed E-state index contributed by atoms with van der Waals surface area (Å²) in [6.45, 7) is 3.73. The maximum absolute atomic E-state index is 12.3. The van der Waals surface area contributed by atoms with Gasteiger partial charge in [0.25, 0.3) is 5.91 Å². The summed E-state index contributed by atoms with van der Waals surface area (Å²) in [5, 5.41) is 3.01. The van der Waals surface area contributed by atoms with E-state index >= 15 is 0 Å². The zero-order valence-electron chi connectivity index (χ0n) is 15.3. The van der Waals surface area contributed by atoms with Crippen LogP contribution in [0.3, 0.4) is 0 Å². The molecule has 0 aromatic heterocycles. The van der Waals surface area contributed by atoms with Gasteiger partial charge < -0.3 is 19.5 Å². The Morgan fingerprint density at radius 1 is 1.12 bits per heavy atom. The largest absolute Gasteiger partial charge is 0.493 e. The molecule has 1 aromatic carbocycles. The third-order valence-corrected chi connectivity index (χ3v) is 4.71. The lowest BCUT2D eigenvalue weighted by Gasteiger charge is -2.30. The molecule has 2 rings (SSSR count). The fourth-order valence-electron chi connectivity index (χ4n) is 3.08. The molecule has 1 aromatic rings. The fraction of sp³-hybridized carbons (Fsp3) is 0.579. The van der Waals surface area contributed by atoms with Gasteiger partial charge >= 0.3 is 5.97 Å². The van der Waals surface area contributed by atoms with Crippen LogP contribution in [-0.4, -0.2) is 38.2 Å².